The fourth-order valence-corrected chi connectivity index (χ4v) is 2.23. The van der Waals surface area contributed by atoms with Gasteiger partial charge in [-0.1, -0.05) is 34.3 Å². The lowest BCUT2D eigenvalue weighted by Gasteiger charge is -2.32. The molecular weight excluding hydrogens is 220 g/mol. The van der Waals surface area contributed by atoms with Crippen LogP contribution in [0.3, 0.4) is 0 Å². The first-order valence-corrected chi connectivity index (χ1v) is 5.79. The number of carboxylic acids is 2. The summed E-state index contributed by atoms with van der Waals surface area (Å²) in [6.45, 7) is 11.0. The minimum Gasteiger partial charge on any atom is -0.481 e. The van der Waals surface area contributed by atoms with E-state index in [0.29, 0.717) is 12.8 Å². The van der Waals surface area contributed by atoms with E-state index in [-0.39, 0.29) is 17.4 Å². The lowest BCUT2D eigenvalue weighted by atomic mass is 9.69. The minimum atomic E-state index is -1.35. The van der Waals surface area contributed by atoms with Gasteiger partial charge in [-0.15, -0.1) is 0 Å². The maximum absolute atomic E-state index is 11.5. The first-order valence-electron chi connectivity index (χ1n) is 5.79. The molecule has 0 aromatic carbocycles. The van der Waals surface area contributed by atoms with E-state index in [0.717, 1.165) is 0 Å². The number of aliphatic carboxylic acids is 2. The summed E-state index contributed by atoms with van der Waals surface area (Å²) in [6.07, 6.45) is 0.595. The van der Waals surface area contributed by atoms with Crippen LogP contribution in [0, 0.1) is 17.3 Å². The van der Waals surface area contributed by atoms with Crippen LogP contribution in [0.15, 0.2) is 12.2 Å². The highest BCUT2D eigenvalue weighted by molar-refractivity contribution is 5.96. The van der Waals surface area contributed by atoms with Crippen molar-refractivity contribution in [2.75, 3.05) is 0 Å². The molecule has 0 bridgehead atoms. The molecular formula is C13H22O4. The van der Waals surface area contributed by atoms with Crippen LogP contribution in [0.2, 0.25) is 0 Å². The van der Waals surface area contributed by atoms with Gasteiger partial charge in [-0.25, -0.2) is 4.79 Å². The molecule has 0 aliphatic rings. The third-order valence-corrected chi connectivity index (χ3v) is 2.76. The summed E-state index contributed by atoms with van der Waals surface area (Å²) in [7, 11) is 0. The van der Waals surface area contributed by atoms with Crippen molar-refractivity contribution < 1.29 is 19.8 Å². The molecule has 0 fully saturated rings. The predicted octanol–water partition coefficient (Wildman–Crippen LogP) is 2.79. The zero-order valence-electron chi connectivity index (χ0n) is 11.0. The van der Waals surface area contributed by atoms with Gasteiger partial charge < -0.3 is 10.2 Å². The Morgan fingerprint density at radius 1 is 1.06 bits per heavy atom. The predicted molar refractivity (Wildman–Crippen MR) is 65.8 cm³/mol. The molecule has 0 heterocycles. The first-order chi connectivity index (χ1) is 7.63. The van der Waals surface area contributed by atoms with Gasteiger partial charge in [-0.2, -0.15) is 0 Å². The lowest BCUT2D eigenvalue weighted by Crippen LogP contribution is -2.38. The number of carbonyl (C=O) groups is 2. The Morgan fingerprint density at radius 3 is 1.59 bits per heavy atom. The summed E-state index contributed by atoms with van der Waals surface area (Å²) in [5.74, 6) is -2.12. The van der Waals surface area contributed by atoms with Gasteiger partial charge in [0.15, 0.2) is 0 Å². The van der Waals surface area contributed by atoms with E-state index in [1.807, 2.05) is 27.7 Å². The van der Waals surface area contributed by atoms with E-state index in [2.05, 4.69) is 6.58 Å². The average molecular weight is 242 g/mol. The Morgan fingerprint density at radius 2 is 1.41 bits per heavy atom. The molecule has 98 valence electrons. The molecule has 2 N–H and O–H groups in total. The monoisotopic (exact) mass is 242 g/mol. The van der Waals surface area contributed by atoms with E-state index >= 15 is 0 Å². The van der Waals surface area contributed by atoms with Crippen LogP contribution in [-0.4, -0.2) is 22.2 Å². The molecule has 0 spiro atoms. The molecule has 0 aliphatic carbocycles. The molecule has 4 nitrogen and oxygen atoms in total. The summed E-state index contributed by atoms with van der Waals surface area (Å²) in [6, 6.07) is 0. The van der Waals surface area contributed by atoms with Crippen molar-refractivity contribution in [1.29, 1.82) is 0 Å². The van der Waals surface area contributed by atoms with Gasteiger partial charge >= 0.3 is 11.9 Å². The van der Waals surface area contributed by atoms with Crippen molar-refractivity contribution in [1.82, 2.24) is 0 Å². The largest absolute Gasteiger partial charge is 0.481 e. The normalized spacial score (nSPS) is 11.9. The van der Waals surface area contributed by atoms with Gasteiger partial charge in [0.25, 0.3) is 0 Å². The Hall–Kier alpha value is -1.32. The van der Waals surface area contributed by atoms with Gasteiger partial charge in [-0.05, 0) is 24.7 Å². The van der Waals surface area contributed by atoms with E-state index in [9.17, 15) is 14.7 Å². The number of hydrogen-bond donors (Lipinski definition) is 2. The highest BCUT2D eigenvalue weighted by atomic mass is 16.4. The molecule has 17 heavy (non-hydrogen) atoms. The molecule has 0 aromatic heterocycles. The SMILES string of the molecule is C=C(C(=O)O)C(CC(C)C)(CC(C)C)C(=O)O. The molecule has 4 heteroatoms. The molecule has 0 rings (SSSR count). The molecule has 0 saturated heterocycles. The fourth-order valence-electron chi connectivity index (χ4n) is 2.23. The van der Waals surface area contributed by atoms with Crippen LogP contribution in [0.1, 0.15) is 40.5 Å². The summed E-state index contributed by atoms with van der Waals surface area (Å²) in [5, 5.41) is 18.4. The zero-order chi connectivity index (χ0) is 13.8. The van der Waals surface area contributed by atoms with Crippen LogP contribution in [0.5, 0.6) is 0 Å². The summed E-state index contributed by atoms with van der Waals surface area (Å²) < 4.78 is 0. The Balaban J connectivity index is 5.46. The van der Waals surface area contributed by atoms with Crippen LogP contribution in [-0.2, 0) is 9.59 Å². The van der Waals surface area contributed by atoms with Crippen molar-refractivity contribution in [2.45, 2.75) is 40.5 Å². The summed E-state index contributed by atoms with van der Waals surface area (Å²) in [5.41, 5.74) is -1.57. The van der Waals surface area contributed by atoms with E-state index in [1.165, 1.54) is 0 Å². The Bertz CT molecular complexity index is 305. The van der Waals surface area contributed by atoms with Crippen molar-refractivity contribution in [3.05, 3.63) is 12.2 Å². The van der Waals surface area contributed by atoms with Crippen molar-refractivity contribution in [2.24, 2.45) is 17.3 Å². The molecule has 0 amide bonds. The van der Waals surface area contributed by atoms with Gasteiger partial charge in [0.05, 0.1) is 5.41 Å². The van der Waals surface area contributed by atoms with Gasteiger partial charge in [-0.3, -0.25) is 4.79 Å². The molecule has 0 saturated carbocycles. The smallest absolute Gasteiger partial charge is 0.332 e. The van der Waals surface area contributed by atoms with Crippen molar-refractivity contribution >= 4 is 11.9 Å². The second kappa shape index (κ2) is 5.84. The van der Waals surface area contributed by atoms with Crippen LogP contribution >= 0.6 is 0 Å². The van der Waals surface area contributed by atoms with Crippen molar-refractivity contribution in [3.63, 3.8) is 0 Å². The van der Waals surface area contributed by atoms with Crippen LogP contribution in [0.25, 0.3) is 0 Å². The topological polar surface area (TPSA) is 74.6 Å². The third kappa shape index (κ3) is 3.88. The maximum Gasteiger partial charge on any atom is 0.332 e. The average Bonchev–Trinajstić information content (AvgIpc) is 2.13. The van der Waals surface area contributed by atoms with Crippen molar-refractivity contribution in [3.8, 4) is 0 Å². The molecule has 0 unspecified atom stereocenters. The van der Waals surface area contributed by atoms with Gasteiger partial charge in [0, 0.05) is 5.57 Å². The van der Waals surface area contributed by atoms with E-state index < -0.39 is 17.4 Å². The summed E-state index contributed by atoms with van der Waals surface area (Å²) in [4.78, 5) is 22.6. The number of carboxylic acid groups (broad SMARTS) is 2. The Kier molecular flexibility index (Phi) is 5.39. The number of hydrogen-bond acceptors (Lipinski definition) is 2. The molecule has 0 aliphatic heterocycles. The van der Waals surface area contributed by atoms with Gasteiger partial charge in [0.2, 0.25) is 0 Å². The third-order valence-electron chi connectivity index (χ3n) is 2.76. The van der Waals surface area contributed by atoms with Crippen LogP contribution in [0.4, 0.5) is 0 Å². The first kappa shape index (κ1) is 15.7. The lowest BCUT2D eigenvalue weighted by molar-refractivity contribution is -0.152. The second-order valence-corrected chi connectivity index (χ2v) is 5.37. The Labute approximate surface area is 102 Å². The molecule has 0 radical (unpaired) electrons. The molecule has 0 aromatic rings. The highest BCUT2D eigenvalue weighted by Gasteiger charge is 2.44. The summed E-state index contributed by atoms with van der Waals surface area (Å²) >= 11 is 0. The fraction of sp³-hybridized carbons (Fsp3) is 0.692. The minimum absolute atomic E-state index is 0.0981. The zero-order valence-corrected chi connectivity index (χ0v) is 11.0. The second-order valence-electron chi connectivity index (χ2n) is 5.37. The number of rotatable bonds is 7. The molecule has 0 atom stereocenters. The van der Waals surface area contributed by atoms with Gasteiger partial charge in [0.1, 0.15) is 0 Å². The van der Waals surface area contributed by atoms with Crippen LogP contribution < -0.4 is 0 Å². The highest BCUT2D eigenvalue weighted by Crippen LogP contribution is 2.40. The quantitative estimate of drug-likeness (QED) is 0.673. The van der Waals surface area contributed by atoms with E-state index in [1.54, 1.807) is 0 Å². The maximum atomic E-state index is 11.5. The standard InChI is InChI=1S/C13H22O4/c1-8(2)6-13(12(16)17,7-9(3)4)10(5)11(14)15/h8-9H,5-7H2,1-4H3,(H,14,15)(H,16,17). The van der Waals surface area contributed by atoms with E-state index in [4.69, 9.17) is 5.11 Å².